The summed E-state index contributed by atoms with van der Waals surface area (Å²) < 4.78 is 5.32. The van der Waals surface area contributed by atoms with Crippen LogP contribution < -0.4 is 20.3 Å². The first-order chi connectivity index (χ1) is 10.5. The van der Waals surface area contributed by atoms with Gasteiger partial charge in [0.25, 0.3) is 5.91 Å². The third-order valence-corrected chi connectivity index (χ3v) is 4.29. The average Bonchev–Trinajstić information content (AvgIpc) is 2.76. The van der Waals surface area contributed by atoms with E-state index in [0.29, 0.717) is 18.9 Å². The van der Waals surface area contributed by atoms with Crippen LogP contribution in [0.25, 0.3) is 0 Å². The molecule has 6 heteroatoms. The van der Waals surface area contributed by atoms with E-state index >= 15 is 0 Å². The molecule has 0 aliphatic carbocycles. The molecule has 0 saturated carbocycles. The van der Waals surface area contributed by atoms with E-state index < -0.39 is 11.6 Å². The standard InChI is InChI=1S/C16H21N3O3/c1-10(2)9-19-7-6-16(14(20)17-15(21)18-16)12-5-4-11(22-3)8-13(12)19/h4-5,8,10H,6-7,9H2,1-3H3,(H2,17,18,20,21)/t16-/m0/s1. The van der Waals surface area contributed by atoms with Gasteiger partial charge in [-0.1, -0.05) is 19.9 Å². The molecule has 0 aromatic heterocycles. The van der Waals surface area contributed by atoms with E-state index in [1.807, 2.05) is 18.2 Å². The quantitative estimate of drug-likeness (QED) is 0.832. The van der Waals surface area contributed by atoms with Crippen molar-refractivity contribution in [2.75, 3.05) is 25.1 Å². The highest BCUT2D eigenvalue weighted by Crippen LogP contribution is 2.42. The first-order valence-corrected chi connectivity index (χ1v) is 7.53. The van der Waals surface area contributed by atoms with E-state index in [-0.39, 0.29) is 5.91 Å². The molecule has 1 fully saturated rings. The highest BCUT2D eigenvalue weighted by Gasteiger charge is 2.51. The van der Waals surface area contributed by atoms with E-state index in [1.54, 1.807) is 7.11 Å². The van der Waals surface area contributed by atoms with Gasteiger partial charge in [-0.15, -0.1) is 0 Å². The summed E-state index contributed by atoms with van der Waals surface area (Å²) in [4.78, 5) is 26.3. The molecule has 0 unspecified atom stereocenters. The van der Waals surface area contributed by atoms with Crippen LogP contribution >= 0.6 is 0 Å². The lowest BCUT2D eigenvalue weighted by Gasteiger charge is -2.40. The number of fused-ring (bicyclic) bond motifs is 2. The van der Waals surface area contributed by atoms with Crippen molar-refractivity contribution < 1.29 is 14.3 Å². The lowest BCUT2D eigenvalue weighted by atomic mass is 9.81. The molecule has 6 nitrogen and oxygen atoms in total. The zero-order valence-corrected chi connectivity index (χ0v) is 13.1. The van der Waals surface area contributed by atoms with Gasteiger partial charge < -0.3 is 15.0 Å². The third kappa shape index (κ3) is 2.19. The summed E-state index contributed by atoms with van der Waals surface area (Å²) in [5.41, 5.74) is 0.840. The Balaban J connectivity index is 2.09. The van der Waals surface area contributed by atoms with Gasteiger partial charge in [-0.3, -0.25) is 10.1 Å². The molecule has 22 heavy (non-hydrogen) atoms. The van der Waals surface area contributed by atoms with E-state index in [0.717, 1.165) is 23.5 Å². The Morgan fingerprint density at radius 1 is 1.36 bits per heavy atom. The van der Waals surface area contributed by atoms with Gasteiger partial charge in [-0.25, -0.2) is 4.79 Å². The number of imide groups is 1. The number of carbonyl (C=O) groups is 2. The number of anilines is 1. The molecule has 3 rings (SSSR count). The molecule has 2 aliphatic rings. The number of ether oxygens (including phenoxy) is 1. The van der Waals surface area contributed by atoms with E-state index in [4.69, 9.17) is 4.74 Å². The number of nitrogens with zero attached hydrogens (tertiary/aromatic N) is 1. The molecule has 1 aromatic carbocycles. The van der Waals surface area contributed by atoms with Crippen LogP contribution in [-0.4, -0.2) is 32.1 Å². The molecular formula is C16H21N3O3. The second kappa shape index (κ2) is 5.19. The summed E-state index contributed by atoms with van der Waals surface area (Å²) in [6, 6.07) is 5.23. The molecule has 2 aliphatic heterocycles. The van der Waals surface area contributed by atoms with Crippen LogP contribution in [0.5, 0.6) is 5.75 Å². The van der Waals surface area contributed by atoms with Crippen LogP contribution in [0.1, 0.15) is 25.8 Å². The van der Waals surface area contributed by atoms with Crippen LogP contribution in [-0.2, 0) is 10.3 Å². The number of urea groups is 1. The smallest absolute Gasteiger partial charge is 0.322 e. The van der Waals surface area contributed by atoms with Crippen molar-refractivity contribution in [1.29, 1.82) is 0 Å². The molecule has 3 amide bonds. The summed E-state index contributed by atoms with van der Waals surface area (Å²) in [5, 5.41) is 5.18. The highest BCUT2D eigenvalue weighted by atomic mass is 16.5. The summed E-state index contributed by atoms with van der Waals surface area (Å²) in [7, 11) is 1.62. The van der Waals surface area contributed by atoms with E-state index in [2.05, 4.69) is 29.4 Å². The second-order valence-electron chi connectivity index (χ2n) is 6.29. The zero-order chi connectivity index (χ0) is 15.9. The van der Waals surface area contributed by atoms with Gasteiger partial charge in [0.05, 0.1) is 7.11 Å². The molecule has 2 heterocycles. The molecule has 1 saturated heterocycles. The van der Waals surface area contributed by atoms with Crippen molar-refractivity contribution in [1.82, 2.24) is 10.6 Å². The highest BCUT2D eigenvalue weighted by molar-refractivity contribution is 6.08. The first kappa shape index (κ1) is 14.7. The minimum absolute atomic E-state index is 0.270. The molecule has 0 bridgehead atoms. The number of benzene rings is 1. The van der Waals surface area contributed by atoms with Gasteiger partial charge in [0.15, 0.2) is 0 Å². The predicted octanol–water partition coefficient (Wildman–Crippen LogP) is 1.60. The van der Waals surface area contributed by atoms with Crippen molar-refractivity contribution in [2.24, 2.45) is 5.92 Å². The summed E-state index contributed by atoms with van der Waals surface area (Å²) in [6.45, 7) is 5.93. The fraction of sp³-hybridized carbons (Fsp3) is 0.500. The van der Waals surface area contributed by atoms with Gasteiger partial charge in [-0.05, 0) is 12.0 Å². The molecule has 1 spiro atoms. The molecule has 2 N–H and O–H groups in total. The Kier molecular flexibility index (Phi) is 3.47. The maximum atomic E-state index is 12.4. The second-order valence-corrected chi connectivity index (χ2v) is 6.29. The Labute approximate surface area is 129 Å². The van der Waals surface area contributed by atoms with Crippen molar-refractivity contribution in [3.8, 4) is 5.75 Å². The third-order valence-electron chi connectivity index (χ3n) is 4.29. The zero-order valence-electron chi connectivity index (χ0n) is 13.1. The maximum absolute atomic E-state index is 12.4. The van der Waals surface area contributed by atoms with Gasteiger partial charge in [0, 0.05) is 36.8 Å². The van der Waals surface area contributed by atoms with Gasteiger partial charge in [0.2, 0.25) is 0 Å². The monoisotopic (exact) mass is 303 g/mol. The minimum atomic E-state index is -0.952. The van der Waals surface area contributed by atoms with Crippen molar-refractivity contribution in [2.45, 2.75) is 25.8 Å². The number of methoxy groups -OCH3 is 1. The normalized spacial score (nSPS) is 23.5. The van der Waals surface area contributed by atoms with Crippen LogP contribution in [0.15, 0.2) is 18.2 Å². The lowest BCUT2D eigenvalue weighted by molar-refractivity contribution is -0.124. The SMILES string of the molecule is COc1ccc2c(c1)N(CC(C)C)CC[C@]21NC(=O)NC1=O. The molecule has 1 aromatic rings. The molecule has 0 radical (unpaired) electrons. The number of rotatable bonds is 3. The van der Waals surface area contributed by atoms with Crippen LogP contribution in [0.4, 0.5) is 10.5 Å². The van der Waals surface area contributed by atoms with Crippen molar-refractivity contribution >= 4 is 17.6 Å². The Morgan fingerprint density at radius 2 is 2.14 bits per heavy atom. The fourth-order valence-electron chi connectivity index (χ4n) is 3.31. The minimum Gasteiger partial charge on any atom is -0.497 e. The predicted molar refractivity (Wildman–Crippen MR) is 83.0 cm³/mol. The summed E-state index contributed by atoms with van der Waals surface area (Å²) >= 11 is 0. The first-order valence-electron chi connectivity index (χ1n) is 7.53. The fourth-order valence-corrected chi connectivity index (χ4v) is 3.31. The van der Waals surface area contributed by atoms with Gasteiger partial charge in [-0.2, -0.15) is 0 Å². The Bertz CT molecular complexity index is 629. The number of hydrogen-bond acceptors (Lipinski definition) is 4. The number of hydrogen-bond donors (Lipinski definition) is 2. The van der Waals surface area contributed by atoms with Crippen LogP contribution in [0.2, 0.25) is 0 Å². The summed E-state index contributed by atoms with van der Waals surface area (Å²) in [6.07, 6.45) is 0.566. The summed E-state index contributed by atoms with van der Waals surface area (Å²) in [5.74, 6) is 0.975. The largest absolute Gasteiger partial charge is 0.497 e. The molecule has 118 valence electrons. The molecular weight excluding hydrogens is 282 g/mol. The molecule has 1 atom stereocenters. The average molecular weight is 303 g/mol. The van der Waals surface area contributed by atoms with E-state index in [9.17, 15) is 9.59 Å². The topological polar surface area (TPSA) is 70.7 Å². The van der Waals surface area contributed by atoms with Crippen molar-refractivity contribution in [3.05, 3.63) is 23.8 Å². The van der Waals surface area contributed by atoms with Crippen LogP contribution in [0, 0.1) is 5.92 Å². The van der Waals surface area contributed by atoms with Gasteiger partial charge >= 0.3 is 6.03 Å². The maximum Gasteiger partial charge on any atom is 0.322 e. The number of nitrogens with one attached hydrogen (secondary N) is 2. The Hall–Kier alpha value is -2.24. The number of amides is 3. The van der Waals surface area contributed by atoms with Crippen molar-refractivity contribution in [3.63, 3.8) is 0 Å². The van der Waals surface area contributed by atoms with E-state index in [1.165, 1.54) is 0 Å². The lowest BCUT2D eigenvalue weighted by Crippen LogP contribution is -2.51. The number of carbonyl (C=O) groups excluding carboxylic acids is 2. The van der Waals surface area contributed by atoms with Crippen LogP contribution in [0.3, 0.4) is 0 Å². The Morgan fingerprint density at radius 3 is 2.73 bits per heavy atom. The van der Waals surface area contributed by atoms with Gasteiger partial charge in [0.1, 0.15) is 11.3 Å².